The van der Waals surface area contributed by atoms with E-state index < -0.39 is 5.97 Å². The minimum absolute atomic E-state index is 0.209. The van der Waals surface area contributed by atoms with Crippen molar-refractivity contribution in [3.05, 3.63) is 5.56 Å². The summed E-state index contributed by atoms with van der Waals surface area (Å²) in [6, 6.07) is 0. The topological polar surface area (TPSA) is 86.5 Å². The number of carbonyl (C=O) groups excluding carboxylic acids is 1. The summed E-state index contributed by atoms with van der Waals surface area (Å²) in [5.74, 6) is 0.0966. The Balaban J connectivity index is 2.68. The summed E-state index contributed by atoms with van der Waals surface area (Å²) in [6.07, 6.45) is 0. The van der Waals surface area contributed by atoms with Gasteiger partial charge in [-0.1, -0.05) is 6.92 Å². The molecular formula is C11H19N3O3S. The van der Waals surface area contributed by atoms with Gasteiger partial charge in [0.25, 0.3) is 0 Å². The van der Waals surface area contributed by atoms with E-state index in [-0.39, 0.29) is 5.82 Å². The van der Waals surface area contributed by atoms with E-state index in [1.54, 1.807) is 14.0 Å². The molecule has 1 rings (SSSR count). The number of ether oxygens (including phenoxy) is 2. The lowest BCUT2D eigenvalue weighted by Gasteiger charge is -2.12. The van der Waals surface area contributed by atoms with E-state index in [9.17, 15) is 4.79 Å². The van der Waals surface area contributed by atoms with Crippen LogP contribution < -0.4 is 11.1 Å². The number of nitrogens with one attached hydrogen (secondary N) is 1. The Labute approximate surface area is 111 Å². The van der Waals surface area contributed by atoms with Gasteiger partial charge >= 0.3 is 5.97 Å². The fourth-order valence-electron chi connectivity index (χ4n) is 1.43. The van der Waals surface area contributed by atoms with Crippen molar-refractivity contribution in [2.24, 2.45) is 5.92 Å². The molecule has 1 atom stereocenters. The van der Waals surface area contributed by atoms with E-state index in [4.69, 9.17) is 15.2 Å². The third-order valence-electron chi connectivity index (χ3n) is 2.26. The number of aromatic nitrogens is 1. The van der Waals surface area contributed by atoms with Gasteiger partial charge in [0.15, 0.2) is 5.82 Å². The van der Waals surface area contributed by atoms with Crippen molar-refractivity contribution >= 4 is 28.3 Å². The number of hydrogen-bond acceptors (Lipinski definition) is 7. The second kappa shape index (κ2) is 7.17. The highest BCUT2D eigenvalue weighted by molar-refractivity contribution is 7.11. The summed E-state index contributed by atoms with van der Waals surface area (Å²) < 4.78 is 14.0. The Kier molecular flexibility index (Phi) is 5.87. The highest BCUT2D eigenvalue weighted by Gasteiger charge is 2.20. The number of anilines is 2. The van der Waals surface area contributed by atoms with Crippen molar-refractivity contribution in [1.82, 2.24) is 4.37 Å². The van der Waals surface area contributed by atoms with Gasteiger partial charge in [-0.25, -0.2) is 4.79 Å². The molecule has 1 aromatic rings. The molecule has 1 aromatic heterocycles. The standard InChI is InChI=1S/C11H19N3O3S/c1-4-17-11(15)8-9(12)14-18-10(8)13-5-7(2)6-16-3/h7,13H,4-6H2,1-3H3,(H2,12,14). The third-order valence-corrected chi connectivity index (χ3v) is 3.08. The molecule has 3 N–H and O–H groups in total. The van der Waals surface area contributed by atoms with Crippen molar-refractivity contribution in [3.63, 3.8) is 0 Å². The Morgan fingerprint density at radius 1 is 1.61 bits per heavy atom. The molecule has 18 heavy (non-hydrogen) atoms. The average Bonchev–Trinajstić information content (AvgIpc) is 2.68. The molecule has 0 saturated heterocycles. The number of nitrogen functional groups attached to an aromatic ring is 1. The first-order valence-corrected chi connectivity index (χ1v) is 6.52. The molecule has 0 amide bonds. The van der Waals surface area contributed by atoms with Crippen molar-refractivity contribution in [1.29, 1.82) is 0 Å². The van der Waals surface area contributed by atoms with Gasteiger partial charge in [0.1, 0.15) is 10.6 Å². The fraction of sp³-hybridized carbons (Fsp3) is 0.636. The highest BCUT2D eigenvalue weighted by Crippen LogP contribution is 2.27. The molecule has 0 aliphatic heterocycles. The number of hydrogen-bond donors (Lipinski definition) is 2. The predicted octanol–water partition coefficient (Wildman–Crippen LogP) is 1.60. The van der Waals surface area contributed by atoms with Crippen molar-refractivity contribution < 1.29 is 14.3 Å². The lowest BCUT2D eigenvalue weighted by molar-refractivity contribution is 0.0529. The molecule has 6 nitrogen and oxygen atoms in total. The molecule has 1 heterocycles. The average molecular weight is 273 g/mol. The quantitative estimate of drug-likeness (QED) is 0.734. The molecule has 7 heteroatoms. The summed E-state index contributed by atoms with van der Waals surface area (Å²) >= 11 is 1.16. The van der Waals surface area contributed by atoms with E-state index in [1.165, 1.54) is 0 Å². The highest BCUT2D eigenvalue weighted by atomic mass is 32.1. The molecule has 0 fully saturated rings. The van der Waals surface area contributed by atoms with Gasteiger partial charge in [-0.05, 0) is 24.4 Å². The summed E-state index contributed by atoms with van der Waals surface area (Å²) in [6.45, 7) is 5.44. The molecule has 0 aromatic carbocycles. The Morgan fingerprint density at radius 2 is 2.33 bits per heavy atom. The van der Waals surface area contributed by atoms with Crippen LogP contribution >= 0.6 is 11.5 Å². The Bertz CT molecular complexity index is 395. The second-order valence-electron chi connectivity index (χ2n) is 3.93. The minimum atomic E-state index is -0.439. The number of rotatable bonds is 7. The maximum absolute atomic E-state index is 11.7. The molecule has 1 unspecified atom stereocenters. The van der Waals surface area contributed by atoms with E-state index in [0.29, 0.717) is 36.2 Å². The minimum Gasteiger partial charge on any atom is -0.462 e. The van der Waals surface area contributed by atoms with Crippen molar-refractivity contribution in [3.8, 4) is 0 Å². The first-order chi connectivity index (χ1) is 8.60. The molecule has 0 radical (unpaired) electrons. The lowest BCUT2D eigenvalue weighted by Crippen LogP contribution is -2.17. The molecule has 0 aliphatic carbocycles. The van der Waals surface area contributed by atoms with Crippen LogP contribution in [0.4, 0.5) is 10.8 Å². The van der Waals surface area contributed by atoms with Crippen LogP contribution in [0.1, 0.15) is 24.2 Å². The van der Waals surface area contributed by atoms with Gasteiger partial charge in [-0.2, -0.15) is 4.37 Å². The van der Waals surface area contributed by atoms with E-state index in [0.717, 1.165) is 11.5 Å². The number of carbonyl (C=O) groups is 1. The first-order valence-electron chi connectivity index (χ1n) is 5.75. The van der Waals surface area contributed by atoms with Gasteiger partial charge < -0.3 is 20.5 Å². The maximum atomic E-state index is 11.7. The number of esters is 1. The van der Waals surface area contributed by atoms with E-state index in [2.05, 4.69) is 9.69 Å². The molecule has 0 spiro atoms. The van der Waals surface area contributed by atoms with Gasteiger partial charge in [0.05, 0.1) is 13.2 Å². The summed E-state index contributed by atoms with van der Waals surface area (Å²) in [5.41, 5.74) is 6.00. The number of methoxy groups -OCH3 is 1. The Morgan fingerprint density at radius 3 is 2.94 bits per heavy atom. The smallest absolute Gasteiger partial charge is 0.344 e. The lowest BCUT2D eigenvalue weighted by atomic mass is 10.2. The van der Waals surface area contributed by atoms with Crippen LogP contribution in [-0.4, -0.2) is 37.2 Å². The third kappa shape index (κ3) is 3.85. The molecule has 102 valence electrons. The van der Waals surface area contributed by atoms with Crippen LogP contribution in [0.5, 0.6) is 0 Å². The zero-order chi connectivity index (χ0) is 13.5. The SMILES string of the molecule is CCOC(=O)c1c(N)nsc1NCC(C)COC. The molecular weight excluding hydrogens is 254 g/mol. The van der Waals surface area contributed by atoms with E-state index >= 15 is 0 Å². The normalized spacial score (nSPS) is 12.2. The largest absolute Gasteiger partial charge is 0.462 e. The van der Waals surface area contributed by atoms with Crippen LogP contribution in [0.25, 0.3) is 0 Å². The van der Waals surface area contributed by atoms with Crippen LogP contribution in [-0.2, 0) is 9.47 Å². The second-order valence-corrected chi connectivity index (χ2v) is 4.71. The number of nitrogens with zero attached hydrogens (tertiary/aromatic N) is 1. The fourth-order valence-corrected chi connectivity index (χ4v) is 2.14. The maximum Gasteiger partial charge on any atom is 0.344 e. The van der Waals surface area contributed by atoms with Crippen molar-refractivity contribution in [2.45, 2.75) is 13.8 Å². The molecule has 0 aliphatic rings. The van der Waals surface area contributed by atoms with Crippen LogP contribution in [0.3, 0.4) is 0 Å². The monoisotopic (exact) mass is 273 g/mol. The van der Waals surface area contributed by atoms with Crippen LogP contribution in [0.15, 0.2) is 0 Å². The van der Waals surface area contributed by atoms with Crippen LogP contribution in [0.2, 0.25) is 0 Å². The van der Waals surface area contributed by atoms with Gasteiger partial charge in [-0.15, -0.1) is 0 Å². The summed E-state index contributed by atoms with van der Waals surface area (Å²) in [5, 5.41) is 3.80. The van der Waals surface area contributed by atoms with E-state index in [1.807, 2.05) is 6.92 Å². The number of nitrogens with two attached hydrogens (primary N) is 1. The predicted molar refractivity (Wildman–Crippen MR) is 72.0 cm³/mol. The zero-order valence-corrected chi connectivity index (χ0v) is 11.7. The summed E-state index contributed by atoms with van der Waals surface area (Å²) in [4.78, 5) is 11.7. The molecule has 0 saturated carbocycles. The Hall–Kier alpha value is -1.34. The van der Waals surface area contributed by atoms with Gasteiger partial charge in [0, 0.05) is 13.7 Å². The first kappa shape index (κ1) is 14.7. The van der Waals surface area contributed by atoms with Gasteiger partial charge in [0.2, 0.25) is 0 Å². The molecule has 0 bridgehead atoms. The van der Waals surface area contributed by atoms with Crippen LogP contribution in [0, 0.1) is 5.92 Å². The van der Waals surface area contributed by atoms with Crippen molar-refractivity contribution in [2.75, 3.05) is 37.9 Å². The summed E-state index contributed by atoms with van der Waals surface area (Å²) in [7, 11) is 1.66. The zero-order valence-electron chi connectivity index (χ0n) is 10.9. The van der Waals surface area contributed by atoms with Gasteiger partial charge in [-0.3, -0.25) is 0 Å².